The van der Waals surface area contributed by atoms with Gasteiger partial charge in [-0.1, -0.05) is 36.4 Å². The van der Waals surface area contributed by atoms with Crippen LogP contribution in [0.5, 0.6) is 5.75 Å². The van der Waals surface area contributed by atoms with Gasteiger partial charge in [0, 0.05) is 39.0 Å². The Morgan fingerprint density at radius 2 is 1.77 bits per heavy atom. The van der Waals surface area contributed by atoms with Gasteiger partial charge in [-0.2, -0.15) is 0 Å². The summed E-state index contributed by atoms with van der Waals surface area (Å²) in [5.41, 5.74) is 21.7. The highest BCUT2D eigenvalue weighted by molar-refractivity contribution is 5.93. The Hall–Kier alpha value is -3.27. The molecule has 1 unspecified atom stereocenters. The molecule has 0 radical (unpaired) electrons. The topological polar surface area (TPSA) is 154 Å². The molecule has 7 N–H and O–H groups in total. The average molecular weight is 538 g/mol. The number of rotatable bonds is 15. The lowest BCUT2D eigenvalue weighted by atomic mass is 9.94. The monoisotopic (exact) mass is 537 g/mol. The molecule has 3 rings (SSSR count). The number of nitrogens with one attached hydrogen (secondary N) is 1. The second-order valence-corrected chi connectivity index (χ2v) is 10.3. The molecule has 0 fully saturated rings. The molecule has 39 heavy (non-hydrogen) atoms. The number of Topliss-reactive ketones (excluding diaryl/α,β-unsaturated/α-hetero) is 1. The molecule has 9 nitrogen and oxygen atoms in total. The maximum atomic E-state index is 13.4. The van der Waals surface area contributed by atoms with Crippen LogP contribution < -0.4 is 27.3 Å². The van der Waals surface area contributed by atoms with E-state index in [9.17, 15) is 14.4 Å². The molecule has 1 heterocycles. The Balaban J connectivity index is 1.65. The summed E-state index contributed by atoms with van der Waals surface area (Å²) in [6.45, 7) is 5.36. The van der Waals surface area contributed by atoms with Gasteiger partial charge in [0.1, 0.15) is 11.9 Å². The van der Waals surface area contributed by atoms with Gasteiger partial charge in [0.25, 0.3) is 0 Å². The normalized spacial score (nSPS) is 15.7. The third-order valence-corrected chi connectivity index (χ3v) is 7.15. The summed E-state index contributed by atoms with van der Waals surface area (Å²) in [5, 5.41) is 2.84. The molecule has 0 aliphatic carbocycles. The predicted octanol–water partition coefficient (Wildman–Crippen LogP) is 1.40. The van der Waals surface area contributed by atoms with Crippen LogP contribution in [0, 0.1) is 6.92 Å². The van der Waals surface area contributed by atoms with Crippen LogP contribution in [0.4, 0.5) is 0 Å². The number of hydrogen-bond donors (Lipinski definition) is 4. The molecule has 0 saturated heterocycles. The SMILES string of the molecule is Cc1cc2c(cc1CCC(=O)[C@H](CCc1ccccc1)NC(=O)[C@@H](N)CC(=O)N(CCN)CCN)OC(C)C2. The summed E-state index contributed by atoms with van der Waals surface area (Å²) in [6, 6.07) is 12.2. The molecular formula is C30H43N5O4. The quantitative estimate of drug-likeness (QED) is 0.268. The number of hydrogen-bond acceptors (Lipinski definition) is 7. The van der Waals surface area contributed by atoms with Crippen molar-refractivity contribution in [1.29, 1.82) is 0 Å². The van der Waals surface area contributed by atoms with Gasteiger partial charge in [0.15, 0.2) is 5.78 Å². The Kier molecular flexibility index (Phi) is 11.5. The minimum Gasteiger partial charge on any atom is -0.490 e. The molecule has 1 aliphatic rings. The van der Waals surface area contributed by atoms with E-state index in [1.165, 1.54) is 10.5 Å². The number of fused-ring (bicyclic) bond motifs is 1. The molecule has 2 aromatic carbocycles. The van der Waals surface area contributed by atoms with E-state index in [0.29, 0.717) is 32.4 Å². The number of amides is 2. The second-order valence-electron chi connectivity index (χ2n) is 10.3. The van der Waals surface area contributed by atoms with Crippen molar-refractivity contribution in [2.24, 2.45) is 17.2 Å². The molecule has 0 saturated carbocycles. The van der Waals surface area contributed by atoms with Crippen molar-refractivity contribution in [3.05, 3.63) is 64.7 Å². The summed E-state index contributed by atoms with van der Waals surface area (Å²) in [4.78, 5) is 40.6. The van der Waals surface area contributed by atoms with E-state index in [1.54, 1.807) is 0 Å². The lowest BCUT2D eigenvalue weighted by Crippen LogP contribution is -2.51. The summed E-state index contributed by atoms with van der Waals surface area (Å²) < 4.78 is 5.90. The number of carbonyl (C=O) groups is 3. The van der Waals surface area contributed by atoms with Crippen LogP contribution in [0.3, 0.4) is 0 Å². The molecule has 2 aromatic rings. The first-order valence-corrected chi connectivity index (χ1v) is 13.8. The Morgan fingerprint density at radius 3 is 2.44 bits per heavy atom. The van der Waals surface area contributed by atoms with Crippen LogP contribution in [0.1, 0.15) is 48.4 Å². The summed E-state index contributed by atoms with van der Waals surface area (Å²) in [5.74, 6) is 0.00830. The predicted molar refractivity (Wildman–Crippen MR) is 152 cm³/mol. The summed E-state index contributed by atoms with van der Waals surface area (Å²) >= 11 is 0. The highest BCUT2D eigenvalue weighted by atomic mass is 16.5. The van der Waals surface area contributed by atoms with Crippen molar-refractivity contribution < 1.29 is 19.1 Å². The standard InChI is InChI=1S/C30H43N5O4/c1-20-16-24-17-21(2)39-28(24)18-23(20)9-11-27(36)26(10-8-22-6-4-3-5-7-22)34-30(38)25(33)19-29(37)35(14-12-31)15-13-32/h3-7,16,18,21,25-26H,8-15,17,19,31-33H2,1-2H3,(H,34,38)/t21?,25-,26-/m0/s1. The Bertz CT molecular complexity index is 1120. The maximum absolute atomic E-state index is 13.4. The molecule has 1 aliphatic heterocycles. The van der Waals surface area contributed by atoms with E-state index in [0.717, 1.165) is 28.9 Å². The van der Waals surface area contributed by atoms with Crippen molar-refractivity contribution in [1.82, 2.24) is 10.2 Å². The van der Waals surface area contributed by atoms with E-state index in [2.05, 4.69) is 11.4 Å². The molecule has 3 atom stereocenters. The zero-order chi connectivity index (χ0) is 28.4. The number of aryl methyl sites for hydroxylation is 3. The van der Waals surface area contributed by atoms with Crippen molar-refractivity contribution in [3.8, 4) is 5.75 Å². The van der Waals surface area contributed by atoms with Crippen molar-refractivity contribution in [2.75, 3.05) is 26.2 Å². The Morgan fingerprint density at radius 1 is 1.08 bits per heavy atom. The third kappa shape index (κ3) is 8.88. The summed E-state index contributed by atoms with van der Waals surface area (Å²) in [7, 11) is 0. The van der Waals surface area contributed by atoms with Crippen LogP contribution in [0.25, 0.3) is 0 Å². The number of ether oxygens (including phenoxy) is 1. The smallest absolute Gasteiger partial charge is 0.238 e. The molecule has 9 heteroatoms. The fourth-order valence-corrected chi connectivity index (χ4v) is 4.96. The Labute approximate surface area is 231 Å². The lowest BCUT2D eigenvalue weighted by molar-refractivity contribution is -0.135. The van der Waals surface area contributed by atoms with E-state index in [1.807, 2.05) is 50.2 Å². The minimum absolute atomic E-state index is 0.0696. The van der Waals surface area contributed by atoms with Gasteiger partial charge < -0.3 is 32.2 Å². The van der Waals surface area contributed by atoms with Gasteiger partial charge in [-0.15, -0.1) is 0 Å². The fourth-order valence-electron chi connectivity index (χ4n) is 4.96. The molecule has 0 aromatic heterocycles. The number of nitrogens with two attached hydrogens (primary N) is 3. The first-order chi connectivity index (χ1) is 18.7. The van der Waals surface area contributed by atoms with E-state index >= 15 is 0 Å². The van der Waals surface area contributed by atoms with E-state index in [4.69, 9.17) is 21.9 Å². The molecule has 0 spiro atoms. The van der Waals surface area contributed by atoms with E-state index in [-0.39, 0.29) is 43.7 Å². The van der Waals surface area contributed by atoms with Crippen LogP contribution >= 0.6 is 0 Å². The summed E-state index contributed by atoms with van der Waals surface area (Å²) in [6.07, 6.45) is 2.74. The van der Waals surface area contributed by atoms with Crippen molar-refractivity contribution in [3.63, 3.8) is 0 Å². The van der Waals surface area contributed by atoms with Gasteiger partial charge in [0.05, 0.1) is 18.5 Å². The first kappa shape index (κ1) is 30.3. The average Bonchev–Trinajstić information content (AvgIpc) is 3.28. The zero-order valence-corrected chi connectivity index (χ0v) is 23.2. The second kappa shape index (κ2) is 14.8. The number of benzene rings is 2. The maximum Gasteiger partial charge on any atom is 0.238 e. The van der Waals surface area contributed by atoms with Gasteiger partial charge in [-0.3, -0.25) is 14.4 Å². The van der Waals surface area contributed by atoms with Crippen LogP contribution in [0.2, 0.25) is 0 Å². The first-order valence-electron chi connectivity index (χ1n) is 13.8. The van der Waals surface area contributed by atoms with E-state index < -0.39 is 18.0 Å². The fraction of sp³-hybridized carbons (Fsp3) is 0.500. The number of nitrogens with zero attached hydrogens (tertiary/aromatic N) is 1. The number of ketones is 1. The number of carbonyl (C=O) groups excluding carboxylic acids is 3. The molecule has 212 valence electrons. The largest absolute Gasteiger partial charge is 0.490 e. The molecular weight excluding hydrogens is 494 g/mol. The molecule has 2 amide bonds. The zero-order valence-electron chi connectivity index (χ0n) is 23.2. The van der Waals surface area contributed by atoms with Gasteiger partial charge in [-0.25, -0.2) is 0 Å². The van der Waals surface area contributed by atoms with Crippen LogP contribution in [-0.4, -0.2) is 66.9 Å². The van der Waals surface area contributed by atoms with Gasteiger partial charge >= 0.3 is 0 Å². The minimum atomic E-state index is -1.08. The highest BCUT2D eigenvalue weighted by Gasteiger charge is 2.27. The van der Waals surface area contributed by atoms with Crippen molar-refractivity contribution >= 4 is 17.6 Å². The lowest BCUT2D eigenvalue weighted by Gasteiger charge is -2.24. The van der Waals surface area contributed by atoms with Gasteiger partial charge in [-0.05, 0) is 61.4 Å². The highest BCUT2D eigenvalue weighted by Crippen LogP contribution is 2.32. The van der Waals surface area contributed by atoms with Crippen molar-refractivity contribution in [2.45, 2.75) is 70.6 Å². The van der Waals surface area contributed by atoms with Gasteiger partial charge in [0.2, 0.25) is 11.8 Å². The molecule has 0 bridgehead atoms. The third-order valence-electron chi connectivity index (χ3n) is 7.15. The van der Waals surface area contributed by atoms with Crippen LogP contribution in [0.15, 0.2) is 42.5 Å². The van der Waals surface area contributed by atoms with Crippen LogP contribution in [-0.2, 0) is 33.6 Å².